The molecule has 0 aromatic heterocycles. The first kappa shape index (κ1) is 65.1. The molecule has 1 rings (SSSR count). The standard InChI is InChI=1S/C55H108NO11P/c1-3-5-7-9-11-13-14-15-16-17-18-19-20-21-22-23-24-25-26-27-28-29-30-31-32-33-34-35-37-39-41-43-45-49(58)56-47(48(57)44-42-40-38-36-12-10-8-6-4-2)46-66-68(64,65)67-55-53(62)51(60)50(59)52(61)54(55)63/h42,44,47-48,50-55,57,59-63H,3-41,43,45-46H2,1-2H3,(H,56,58)(H,64,65)/b44-42+/t47-,48+,50?,51+,52?,53?,54?,55?/m0/s1. The third-order valence-corrected chi connectivity index (χ3v) is 15.1. The predicted molar refractivity (Wildman–Crippen MR) is 278 cm³/mol. The SMILES string of the molecule is CCCCCCCCC/C=C/[C@@H](O)[C@H](COP(=O)(O)OC1C(O)C(O)C(O)[C@@H](O)C1O)NC(=O)CCCCCCCCCCCCCCCCCCCCCCCCCCCCCCCCCC. The molecule has 68 heavy (non-hydrogen) atoms. The Morgan fingerprint density at radius 2 is 0.779 bits per heavy atom. The van der Waals surface area contributed by atoms with Crippen LogP contribution in [-0.4, -0.2) is 96.8 Å². The lowest BCUT2D eigenvalue weighted by atomic mass is 9.85. The zero-order chi connectivity index (χ0) is 49.9. The number of aliphatic hydroxyl groups excluding tert-OH is 6. The van der Waals surface area contributed by atoms with Crippen LogP contribution in [0.1, 0.15) is 277 Å². The molecule has 1 fully saturated rings. The van der Waals surface area contributed by atoms with Gasteiger partial charge < -0.3 is 40.8 Å². The van der Waals surface area contributed by atoms with E-state index in [1.54, 1.807) is 0 Å². The van der Waals surface area contributed by atoms with E-state index in [-0.39, 0.29) is 12.3 Å². The molecule has 0 heterocycles. The zero-order valence-corrected chi connectivity index (χ0v) is 44.6. The summed E-state index contributed by atoms with van der Waals surface area (Å²) in [6.07, 6.45) is 42.0. The van der Waals surface area contributed by atoms with Gasteiger partial charge in [-0.1, -0.05) is 264 Å². The normalized spacial score (nSPS) is 21.6. The number of rotatable bonds is 49. The topological polar surface area (TPSA) is 206 Å². The number of hydrogen-bond donors (Lipinski definition) is 8. The minimum Gasteiger partial charge on any atom is -0.387 e. The third-order valence-electron chi connectivity index (χ3n) is 14.1. The molecule has 0 spiro atoms. The molecule has 1 aliphatic rings. The number of amides is 1. The smallest absolute Gasteiger partial charge is 0.387 e. The number of nitrogens with one attached hydrogen (secondary N) is 1. The van der Waals surface area contributed by atoms with E-state index in [2.05, 4.69) is 19.2 Å². The predicted octanol–water partition coefficient (Wildman–Crippen LogP) is 12.7. The lowest BCUT2D eigenvalue weighted by molar-refractivity contribution is -0.220. The monoisotopic (exact) mass is 990 g/mol. The van der Waals surface area contributed by atoms with Crippen molar-refractivity contribution in [1.29, 1.82) is 0 Å². The van der Waals surface area contributed by atoms with Crippen molar-refractivity contribution in [1.82, 2.24) is 5.32 Å². The molecule has 404 valence electrons. The van der Waals surface area contributed by atoms with E-state index in [0.717, 1.165) is 44.9 Å². The second kappa shape index (κ2) is 44.8. The molecule has 0 saturated heterocycles. The van der Waals surface area contributed by atoms with Gasteiger partial charge in [-0.2, -0.15) is 0 Å². The molecular formula is C55H108NO11P. The number of carbonyl (C=O) groups is 1. The number of hydrogen-bond acceptors (Lipinski definition) is 10. The average Bonchev–Trinajstić information content (AvgIpc) is 3.32. The number of phosphoric ester groups is 1. The quantitative estimate of drug-likeness (QED) is 0.0163. The fourth-order valence-corrected chi connectivity index (χ4v) is 10.4. The van der Waals surface area contributed by atoms with Gasteiger partial charge in [-0.25, -0.2) is 4.57 Å². The summed E-state index contributed by atoms with van der Waals surface area (Å²) in [6.45, 7) is 3.83. The van der Waals surface area contributed by atoms with Gasteiger partial charge in [-0.15, -0.1) is 0 Å². The van der Waals surface area contributed by atoms with Crippen molar-refractivity contribution in [2.75, 3.05) is 6.61 Å². The second-order valence-electron chi connectivity index (χ2n) is 20.5. The fraction of sp³-hybridized carbons (Fsp3) is 0.945. The van der Waals surface area contributed by atoms with Crippen molar-refractivity contribution in [3.63, 3.8) is 0 Å². The highest BCUT2D eigenvalue weighted by molar-refractivity contribution is 7.47. The van der Waals surface area contributed by atoms with Crippen LogP contribution in [0.25, 0.3) is 0 Å². The van der Waals surface area contributed by atoms with Crippen LogP contribution in [0.2, 0.25) is 0 Å². The molecule has 6 unspecified atom stereocenters. The Hall–Kier alpha value is -0.920. The van der Waals surface area contributed by atoms with Crippen molar-refractivity contribution < 1.29 is 53.9 Å². The number of aliphatic hydroxyl groups is 6. The molecule has 1 saturated carbocycles. The van der Waals surface area contributed by atoms with Gasteiger partial charge in [0.25, 0.3) is 0 Å². The van der Waals surface area contributed by atoms with Crippen LogP contribution in [0, 0.1) is 0 Å². The van der Waals surface area contributed by atoms with E-state index < -0.39 is 63.2 Å². The van der Waals surface area contributed by atoms with E-state index in [1.807, 2.05) is 6.08 Å². The molecule has 1 aliphatic carbocycles. The molecule has 0 aromatic rings. The molecular weight excluding hydrogens is 882 g/mol. The number of unbranched alkanes of at least 4 members (excludes halogenated alkanes) is 38. The molecule has 8 N–H and O–H groups in total. The van der Waals surface area contributed by atoms with Crippen LogP contribution in [0.15, 0.2) is 12.2 Å². The summed E-state index contributed by atoms with van der Waals surface area (Å²) in [4.78, 5) is 23.4. The average molecular weight is 990 g/mol. The van der Waals surface area contributed by atoms with E-state index in [4.69, 9.17) is 9.05 Å². The summed E-state index contributed by atoms with van der Waals surface area (Å²) >= 11 is 0. The molecule has 0 bridgehead atoms. The Morgan fingerprint density at radius 3 is 1.12 bits per heavy atom. The number of allylic oxidation sites excluding steroid dienone is 1. The summed E-state index contributed by atoms with van der Waals surface area (Å²) in [5.74, 6) is -0.337. The van der Waals surface area contributed by atoms with Gasteiger partial charge in [0.15, 0.2) is 0 Å². The Labute approximate surface area is 416 Å². The van der Waals surface area contributed by atoms with Crippen LogP contribution in [0.3, 0.4) is 0 Å². The third kappa shape index (κ3) is 35.2. The van der Waals surface area contributed by atoms with Gasteiger partial charge in [0.2, 0.25) is 5.91 Å². The highest BCUT2D eigenvalue weighted by Gasteiger charge is 2.51. The van der Waals surface area contributed by atoms with Crippen LogP contribution in [-0.2, 0) is 18.4 Å². The maximum Gasteiger partial charge on any atom is 0.472 e. The minimum absolute atomic E-state index is 0.219. The summed E-state index contributed by atoms with van der Waals surface area (Å²) < 4.78 is 22.9. The molecule has 1 amide bonds. The van der Waals surface area contributed by atoms with Crippen LogP contribution in [0.5, 0.6) is 0 Å². The van der Waals surface area contributed by atoms with E-state index in [9.17, 15) is 44.9 Å². The lowest BCUT2D eigenvalue weighted by Gasteiger charge is -2.41. The Balaban J connectivity index is 2.15. The first-order chi connectivity index (χ1) is 32.9. The van der Waals surface area contributed by atoms with E-state index in [1.165, 1.54) is 212 Å². The van der Waals surface area contributed by atoms with Gasteiger partial charge in [-0.3, -0.25) is 13.8 Å². The lowest BCUT2D eigenvalue weighted by Crippen LogP contribution is -2.64. The Bertz CT molecular complexity index is 1200. The van der Waals surface area contributed by atoms with Crippen molar-refractivity contribution in [2.24, 2.45) is 0 Å². The molecule has 0 aromatic carbocycles. The van der Waals surface area contributed by atoms with Crippen molar-refractivity contribution >= 4 is 13.7 Å². The Kier molecular flexibility index (Phi) is 42.8. The van der Waals surface area contributed by atoms with E-state index in [0.29, 0.717) is 6.42 Å². The van der Waals surface area contributed by atoms with Crippen LogP contribution in [0.4, 0.5) is 0 Å². The van der Waals surface area contributed by atoms with Gasteiger partial charge in [0.1, 0.15) is 36.6 Å². The molecule has 0 aliphatic heterocycles. The summed E-state index contributed by atoms with van der Waals surface area (Å²) in [5.41, 5.74) is 0. The summed E-state index contributed by atoms with van der Waals surface area (Å²) in [5, 5.41) is 64.0. The largest absolute Gasteiger partial charge is 0.472 e. The van der Waals surface area contributed by atoms with Gasteiger partial charge in [-0.05, 0) is 19.3 Å². The highest BCUT2D eigenvalue weighted by Crippen LogP contribution is 2.47. The fourth-order valence-electron chi connectivity index (χ4n) is 9.44. The molecule has 0 radical (unpaired) electrons. The van der Waals surface area contributed by atoms with Gasteiger partial charge in [0, 0.05) is 6.42 Å². The highest BCUT2D eigenvalue weighted by atomic mass is 31.2. The summed E-state index contributed by atoms with van der Waals surface area (Å²) in [6, 6.07) is -1.11. The zero-order valence-electron chi connectivity index (χ0n) is 43.7. The van der Waals surface area contributed by atoms with E-state index >= 15 is 0 Å². The van der Waals surface area contributed by atoms with Crippen molar-refractivity contribution in [3.05, 3.63) is 12.2 Å². The van der Waals surface area contributed by atoms with Crippen molar-refractivity contribution in [2.45, 2.75) is 326 Å². The maximum atomic E-state index is 13.0. The minimum atomic E-state index is -5.07. The first-order valence-corrected chi connectivity index (χ1v) is 30.1. The van der Waals surface area contributed by atoms with Gasteiger partial charge in [0.05, 0.1) is 18.8 Å². The number of phosphoric acid groups is 1. The summed E-state index contributed by atoms with van der Waals surface area (Å²) in [7, 11) is -5.07. The second-order valence-corrected chi connectivity index (χ2v) is 21.9. The molecule has 13 heteroatoms. The molecule has 9 atom stereocenters. The van der Waals surface area contributed by atoms with Crippen LogP contribution < -0.4 is 5.32 Å². The first-order valence-electron chi connectivity index (χ1n) is 28.6. The maximum absolute atomic E-state index is 13.0. The van der Waals surface area contributed by atoms with Crippen molar-refractivity contribution in [3.8, 4) is 0 Å². The van der Waals surface area contributed by atoms with Gasteiger partial charge >= 0.3 is 7.82 Å². The number of carbonyl (C=O) groups excluding carboxylic acids is 1. The van der Waals surface area contributed by atoms with Crippen LogP contribution >= 0.6 is 7.82 Å². The molecule has 12 nitrogen and oxygen atoms in total. The Morgan fingerprint density at radius 1 is 0.485 bits per heavy atom.